The first-order valence-corrected chi connectivity index (χ1v) is 7.29. The minimum Gasteiger partial charge on any atom is -0.353 e. The van der Waals surface area contributed by atoms with Crippen LogP contribution in [0.4, 0.5) is 0 Å². The van der Waals surface area contributed by atoms with E-state index in [2.05, 4.69) is 41.8 Å². The number of amides is 1. The van der Waals surface area contributed by atoms with E-state index in [4.69, 9.17) is 0 Å². The lowest BCUT2D eigenvalue weighted by molar-refractivity contribution is -0.126. The first kappa shape index (κ1) is 15.3. The van der Waals surface area contributed by atoms with Crippen LogP contribution in [0.15, 0.2) is 30.3 Å². The van der Waals surface area contributed by atoms with Crippen LogP contribution < -0.4 is 10.6 Å². The molecule has 2 fully saturated rings. The molecule has 1 saturated heterocycles. The number of rotatable bonds is 5. The molecule has 4 heteroatoms. The number of halogens is 1. The van der Waals surface area contributed by atoms with Gasteiger partial charge in [-0.15, -0.1) is 12.4 Å². The van der Waals surface area contributed by atoms with Gasteiger partial charge in [-0.25, -0.2) is 0 Å². The predicted octanol–water partition coefficient (Wildman–Crippen LogP) is 2.01. The second-order valence-electron chi connectivity index (χ2n) is 6.01. The van der Waals surface area contributed by atoms with E-state index in [0.717, 1.165) is 25.9 Å². The topological polar surface area (TPSA) is 41.1 Å². The van der Waals surface area contributed by atoms with Crippen molar-refractivity contribution in [3.05, 3.63) is 35.9 Å². The first-order valence-electron chi connectivity index (χ1n) is 7.29. The van der Waals surface area contributed by atoms with Crippen molar-refractivity contribution in [2.75, 3.05) is 13.1 Å². The highest BCUT2D eigenvalue weighted by Gasteiger charge is 2.39. The third kappa shape index (κ3) is 3.53. The summed E-state index contributed by atoms with van der Waals surface area (Å²) in [4.78, 5) is 12.1. The predicted molar refractivity (Wildman–Crippen MR) is 83.0 cm³/mol. The van der Waals surface area contributed by atoms with Crippen LogP contribution in [0.2, 0.25) is 0 Å². The van der Waals surface area contributed by atoms with Gasteiger partial charge in [0.25, 0.3) is 0 Å². The number of carbonyl (C=O) groups is 1. The second-order valence-corrected chi connectivity index (χ2v) is 6.01. The van der Waals surface area contributed by atoms with E-state index in [9.17, 15) is 4.79 Å². The van der Waals surface area contributed by atoms with E-state index in [1.165, 1.54) is 5.56 Å². The third-order valence-electron chi connectivity index (χ3n) is 4.52. The zero-order chi connectivity index (χ0) is 13.2. The number of benzene rings is 1. The van der Waals surface area contributed by atoms with Crippen molar-refractivity contribution in [3.8, 4) is 0 Å². The van der Waals surface area contributed by atoms with Crippen LogP contribution in [0.25, 0.3) is 0 Å². The minimum atomic E-state index is 0. The zero-order valence-electron chi connectivity index (χ0n) is 11.8. The maximum atomic E-state index is 12.1. The van der Waals surface area contributed by atoms with Crippen molar-refractivity contribution in [1.29, 1.82) is 0 Å². The van der Waals surface area contributed by atoms with Gasteiger partial charge < -0.3 is 10.6 Å². The van der Waals surface area contributed by atoms with Crippen molar-refractivity contribution in [3.63, 3.8) is 0 Å². The maximum absolute atomic E-state index is 12.1. The van der Waals surface area contributed by atoms with E-state index in [1.54, 1.807) is 0 Å². The molecule has 1 aromatic rings. The Morgan fingerprint density at radius 3 is 2.65 bits per heavy atom. The van der Waals surface area contributed by atoms with Gasteiger partial charge in [0, 0.05) is 12.0 Å². The van der Waals surface area contributed by atoms with E-state index in [-0.39, 0.29) is 24.2 Å². The Labute approximate surface area is 126 Å². The van der Waals surface area contributed by atoms with E-state index in [1.807, 2.05) is 6.07 Å². The summed E-state index contributed by atoms with van der Waals surface area (Å²) in [6.07, 6.45) is 2.22. The van der Waals surface area contributed by atoms with Crippen molar-refractivity contribution in [2.24, 2.45) is 17.8 Å². The molecule has 0 aromatic heterocycles. The summed E-state index contributed by atoms with van der Waals surface area (Å²) >= 11 is 0. The third-order valence-corrected chi connectivity index (χ3v) is 4.52. The van der Waals surface area contributed by atoms with Crippen LogP contribution in [0.3, 0.4) is 0 Å². The lowest BCUT2D eigenvalue weighted by atomic mass is 9.88. The van der Waals surface area contributed by atoms with Crippen LogP contribution in [0, 0.1) is 17.8 Å². The Morgan fingerprint density at radius 1 is 1.35 bits per heavy atom. The molecule has 1 aliphatic heterocycles. The fourth-order valence-electron chi connectivity index (χ4n) is 2.76. The minimum absolute atomic E-state index is 0. The summed E-state index contributed by atoms with van der Waals surface area (Å²) in [6.45, 7) is 4.04. The van der Waals surface area contributed by atoms with Gasteiger partial charge in [-0.2, -0.15) is 0 Å². The molecular formula is C16H23ClN2O. The average Bonchev–Trinajstić information content (AvgIpc) is 3.06. The fourth-order valence-corrected chi connectivity index (χ4v) is 2.76. The zero-order valence-corrected chi connectivity index (χ0v) is 12.7. The molecular weight excluding hydrogens is 272 g/mol. The monoisotopic (exact) mass is 294 g/mol. The second kappa shape index (κ2) is 6.59. The van der Waals surface area contributed by atoms with E-state index >= 15 is 0 Å². The molecule has 1 heterocycles. The number of hydrogen-bond acceptors (Lipinski definition) is 2. The molecule has 110 valence electrons. The molecule has 0 bridgehead atoms. The van der Waals surface area contributed by atoms with E-state index in [0.29, 0.717) is 17.9 Å². The van der Waals surface area contributed by atoms with Crippen LogP contribution >= 0.6 is 12.4 Å². The molecule has 1 aliphatic carbocycles. The SMILES string of the molecule is CC(C(=O)NC1CC1Cc1ccccc1)C1CNC1.Cl. The van der Waals surface area contributed by atoms with Gasteiger partial charge in [0.15, 0.2) is 0 Å². The van der Waals surface area contributed by atoms with E-state index < -0.39 is 0 Å². The molecule has 2 N–H and O–H groups in total. The quantitative estimate of drug-likeness (QED) is 0.872. The Hall–Kier alpha value is -1.06. The van der Waals surface area contributed by atoms with Crippen molar-refractivity contribution >= 4 is 18.3 Å². The number of nitrogens with one attached hydrogen (secondary N) is 2. The summed E-state index contributed by atoms with van der Waals surface area (Å²) in [5.74, 6) is 1.57. The number of hydrogen-bond donors (Lipinski definition) is 2. The maximum Gasteiger partial charge on any atom is 0.223 e. The highest BCUT2D eigenvalue weighted by Crippen LogP contribution is 2.34. The largest absolute Gasteiger partial charge is 0.353 e. The molecule has 0 spiro atoms. The molecule has 0 radical (unpaired) electrons. The summed E-state index contributed by atoms with van der Waals surface area (Å²) in [5, 5.41) is 6.43. The van der Waals surface area contributed by atoms with Gasteiger partial charge in [-0.05, 0) is 43.3 Å². The van der Waals surface area contributed by atoms with Gasteiger partial charge in [0.1, 0.15) is 0 Å². The fraction of sp³-hybridized carbons (Fsp3) is 0.562. The van der Waals surface area contributed by atoms with Crippen molar-refractivity contribution in [1.82, 2.24) is 10.6 Å². The standard InChI is InChI=1S/C16H22N2O.ClH/c1-11(14-9-17-10-14)16(19)18-15-8-13(15)7-12-5-3-2-4-6-12;/h2-6,11,13-15,17H,7-10H2,1H3,(H,18,19);1H. The van der Waals surface area contributed by atoms with Crippen LogP contribution in [-0.4, -0.2) is 25.0 Å². The molecule has 1 saturated carbocycles. The molecule has 3 nitrogen and oxygen atoms in total. The first-order chi connectivity index (χ1) is 9.24. The molecule has 3 rings (SSSR count). The van der Waals surface area contributed by atoms with Gasteiger partial charge >= 0.3 is 0 Å². The summed E-state index contributed by atoms with van der Waals surface area (Å²) in [7, 11) is 0. The highest BCUT2D eigenvalue weighted by atomic mass is 35.5. The molecule has 20 heavy (non-hydrogen) atoms. The van der Waals surface area contributed by atoms with Crippen LogP contribution in [0.5, 0.6) is 0 Å². The average molecular weight is 295 g/mol. The Bertz CT molecular complexity index is 447. The Balaban J connectivity index is 0.00000147. The molecule has 3 unspecified atom stereocenters. The molecule has 3 atom stereocenters. The number of carbonyl (C=O) groups excluding carboxylic acids is 1. The van der Waals surface area contributed by atoms with Crippen molar-refractivity contribution < 1.29 is 4.79 Å². The van der Waals surface area contributed by atoms with Gasteiger partial charge in [-0.1, -0.05) is 37.3 Å². The lowest BCUT2D eigenvalue weighted by Gasteiger charge is -2.31. The summed E-state index contributed by atoms with van der Waals surface area (Å²) < 4.78 is 0. The smallest absolute Gasteiger partial charge is 0.223 e. The molecule has 1 amide bonds. The highest BCUT2D eigenvalue weighted by molar-refractivity contribution is 5.85. The summed E-state index contributed by atoms with van der Waals surface area (Å²) in [5.41, 5.74) is 1.38. The van der Waals surface area contributed by atoms with Gasteiger partial charge in [0.2, 0.25) is 5.91 Å². The normalized spacial score (nSPS) is 26.1. The van der Waals surface area contributed by atoms with Crippen LogP contribution in [0.1, 0.15) is 18.9 Å². The Kier molecular flexibility index (Phi) is 5.06. The Morgan fingerprint density at radius 2 is 2.05 bits per heavy atom. The van der Waals surface area contributed by atoms with Gasteiger partial charge in [-0.3, -0.25) is 4.79 Å². The van der Waals surface area contributed by atoms with Gasteiger partial charge in [0.05, 0.1) is 0 Å². The molecule has 1 aromatic carbocycles. The lowest BCUT2D eigenvalue weighted by Crippen LogP contribution is -2.50. The van der Waals surface area contributed by atoms with Crippen molar-refractivity contribution in [2.45, 2.75) is 25.8 Å². The summed E-state index contributed by atoms with van der Waals surface area (Å²) in [6, 6.07) is 10.9. The molecule has 2 aliphatic rings. The van der Waals surface area contributed by atoms with Crippen LogP contribution in [-0.2, 0) is 11.2 Å².